The molecule has 0 bridgehead atoms. The van der Waals surface area contributed by atoms with Crippen molar-refractivity contribution in [1.82, 2.24) is 4.90 Å². The smallest absolute Gasteiger partial charge is 0.308 e. The summed E-state index contributed by atoms with van der Waals surface area (Å²) < 4.78 is 0. The third-order valence-corrected chi connectivity index (χ3v) is 3.02. The van der Waals surface area contributed by atoms with E-state index in [1.54, 1.807) is 4.90 Å². The highest BCUT2D eigenvalue weighted by Gasteiger charge is 2.31. The number of rotatable bonds is 3. The summed E-state index contributed by atoms with van der Waals surface area (Å²) in [5.41, 5.74) is 0. The van der Waals surface area contributed by atoms with Crippen molar-refractivity contribution in [3.63, 3.8) is 0 Å². The minimum atomic E-state index is -0.781. The number of likely N-dealkylation sites (tertiary alicyclic amines) is 1. The van der Waals surface area contributed by atoms with Crippen LogP contribution in [0.15, 0.2) is 0 Å². The maximum atomic E-state index is 11.7. The second-order valence-electron chi connectivity index (χ2n) is 4.26. The van der Waals surface area contributed by atoms with Crippen LogP contribution in [0.4, 0.5) is 0 Å². The average Bonchev–Trinajstić information content (AvgIpc) is 2.18. The van der Waals surface area contributed by atoms with E-state index in [2.05, 4.69) is 0 Å². The topological polar surface area (TPSA) is 57.6 Å². The summed E-state index contributed by atoms with van der Waals surface area (Å²) in [5, 5.41) is 8.92. The molecule has 0 aromatic rings. The van der Waals surface area contributed by atoms with E-state index in [9.17, 15) is 9.59 Å². The quantitative estimate of drug-likeness (QED) is 0.772. The summed E-state index contributed by atoms with van der Waals surface area (Å²) in [6, 6.07) is 0.194. The van der Waals surface area contributed by atoms with Crippen molar-refractivity contribution in [1.29, 1.82) is 0 Å². The molecule has 0 saturated carbocycles. The number of amides is 1. The number of hydrogen-bond acceptors (Lipinski definition) is 2. The van der Waals surface area contributed by atoms with Crippen molar-refractivity contribution in [3.8, 4) is 0 Å². The van der Waals surface area contributed by atoms with Crippen LogP contribution in [0.1, 0.15) is 39.5 Å². The van der Waals surface area contributed by atoms with Crippen molar-refractivity contribution in [3.05, 3.63) is 0 Å². The molecule has 4 heteroatoms. The normalized spacial score (nSPS) is 26.4. The Kier molecular flexibility index (Phi) is 4.12. The maximum absolute atomic E-state index is 11.7. The third-order valence-electron chi connectivity index (χ3n) is 3.02. The largest absolute Gasteiger partial charge is 0.481 e. The Hall–Kier alpha value is -1.06. The van der Waals surface area contributed by atoms with Crippen LogP contribution < -0.4 is 0 Å². The fourth-order valence-electron chi connectivity index (χ4n) is 2.01. The summed E-state index contributed by atoms with van der Waals surface area (Å²) in [6.07, 6.45) is 2.83. The van der Waals surface area contributed by atoms with Crippen LogP contribution in [0, 0.1) is 5.92 Å². The monoisotopic (exact) mass is 213 g/mol. The molecule has 0 aromatic heterocycles. The Balaban J connectivity index is 2.60. The molecule has 2 atom stereocenters. The molecule has 1 rings (SSSR count). The molecule has 1 saturated heterocycles. The number of carboxylic acid groups (broad SMARTS) is 1. The summed E-state index contributed by atoms with van der Waals surface area (Å²) in [7, 11) is 0. The summed E-state index contributed by atoms with van der Waals surface area (Å²) in [6.45, 7) is 4.34. The lowest BCUT2D eigenvalue weighted by Gasteiger charge is -2.36. The van der Waals surface area contributed by atoms with Gasteiger partial charge in [-0.05, 0) is 26.2 Å². The minimum absolute atomic E-state index is 0.0935. The second-order valence-corrected chi connectivity index (χ2v) is 4.26. The van der Waals surface area contributed by atoms with Gasteiger partial charge >= 0.3 is 5.97 Å². The molecule has 1 aliphatic heterocycles. The number of hydrogen-bond donors (Lipinski definition) is 1. The number of piperidine rings is 1. The first-order chi connectivity index (χ1) is 7.06. The van der Waals surface area contributed by atoms with Crippen LogP contribution in [0.2, 0.25) is 0 Å². The average molecular weight is 213 g/mol. The molecule has 4 nitrogen and oxygen atoms in total. The summed E-state index contributed by atoms with van der Waals surface area (Å²) >= 11 is 0. The molecule has 86 valence electrons. The van der Waals surface area contributed by atoms with E-state index in [0.29, 0.717) is 19.4 Å². The standard InChI is InChI=1S/C11H19NO3/c1-3-4-10(13)12-7-9(11(14)15)6-5-8(12)2/h8-9H,3-7H2,1-2H3,(H,14,15). The van der Waals surface area contributed by atoms with Gasteiger partial charge in [-0.3, -0.25) is 9.59 Å². The zero-order valence-electron chi connectivity index (χ0n) is 9.40. The molecular formula is C11H19NO3. The van der Waals surface area contributed by atoms with Crippen molar-refractivity contribution < 1.29 is 14.7 Å². The summed E-state index contributed by atoms with van der Waals surface area (Å²) in [4.78, 5) is 24.3. The Bertz CT molecular complexity index is 252. The van der Waals surface area contributed by atoms with Crippen LogP contribution in [-0.2, 0) is 9.59 Å². The van der Waals surface area contributed by atoms with Gasteiger partial charge in [0, 0.05) is 19.0 Å². The molecule has 15 heavy (non-hydrogen) atoms. The van der Waals surface area contributed by atoms with Gasteiger partial charge in [0.2, 0.25) is 5.91 Å². The first-order valence-corrected chi connectivity index (χ1v) is 5.58. The van der Waals surface area contributed by atoms with Gasteiger partial charge < -0.3 is 10.0 Å². The highest BCUT2D eigenvalue weighted by Crippen LogP contribution is 2.22. The molecule has 1 amide bonds. The lowest BCUT2D eigenvalue weighted by atomic mass is 9.93. The number of carbonyl (C=O) groups is 2. The number of aliphatic carboxylic acids is 1. The molecular weight excluding hydrogens is 194 g/mol. The lowest BCUT2D eigenvalue weighted by Crippen LogP contribution is -2.47. The van der Waals surface area contributed by atoms with E-state index in [1.165, 1.54) is 0 Å². The molecule has 0 aliphatic carbocycles. The predicted molar refractivity (Wildman–Crippen MR) is 56.4 cm³/mol. The van der Waals surface area contributed by atoms with Gasteiger partial charge in [0.05, 0.1) is 5.92 Å². The fraction of sp³-hybridized carbons (Fsp3) is 0.818. The van der Waals surface area contributed by atoms with Gasteiger partial charge in [-0.1, -0.05) is 6.92 Å². The SMILES string of the molecule is CCCC(=O)N1CC(C(=O)O)CCC1C. The molecule has 2 unspecified atom stereocenters. The molecule has 1 fully saturated rings. The summed E-state index contributed by atoms with van der Waals surface area (Å²) in [5.74, 6) is -1.06. The van der Waals surface area contributed by atoms with Gasteiger partial charge in [-0.25, -0.2) is 0 Å². The lowest BCUT2D eigenvalue weighted by molar-refractivity contribution is -0.147. The van der Waals surface area contributed by atoms with Crippen LogP contribution in [0.5, 0.6) is 0 Å². The number of carbonyl (C=O) groups excluding carboxylic acids is 1. The van der Waals surface area contributed by atoms with Crippen molar-refractivity contribution in [2.24, 2.45) is 5.92 Å². The highest BCUT2D eigenvalue weighted by atomic mass is 16.4. The van der Waals surface area contributed by atoms with E-state index in [0.717, 1.165) is 12.8 Å². The Morgan fingerprint density at radius 2 is 2.07 bits per heavy atom. The molecule has 0 spiro atoms. The minimum Gasteiger partial charge on any atom is -0.481 e. The van der Waals surface area contributed by atoms with E-state index < -0.39 is 5.97 Å². The van der Waals surface area contributed by atoms with Crippen LogP contribution in [-0.4, -0.2) is 34.5 Å². The Morgan fingerprint density at radius 3 is 2.60 bits per heavy atom. The van der Waals surface area contributed by atoms with Crippen molar-refractivity contribution in [2.75, 3.05) is 6.54 Å². The second kappa shape index (κ2) is 5.14. The fourth-order valence-corrected chi connectivity index (χ4v) is 2.01. The number of carboxylic acids is 1. The van der Waals surface area contributed by atoms with Gasteiger partial charge in [0.25, 0.3) is 0 Å². The van der Waals surface area contributed by atoms with Crippen molar-refractivity contribution >= 4 is 11.9 Å². The molecule has 1 N–H and O–H groups in total. The zero-order valence-corrected chi connectivity index (χ0v) is 9.40. The number of nitrogens with zero attached hydrogens (tertiary/aromatic N) is 1. The Labute approximate surface area is 90.3 Å². The van der Waals surface area contributed by atoms with Crippen molar-refractivity contribution in [2.45, 2.75) is 45.6 Å². The molecule has 0 aromatic carbocycles. The van der Waals surface area contributed by atoms with E-state index in [-0.39, 0.29) is 17.9 Å². The Morgan fingerprint density at radius 1 is 1.40 bits per heavy atom. The van der Waals surface area contributed by atoms with Gasteiger partial charge in [-0.15, -0.1) is 0 Å². The van der Waals surface area contributed by atoms with E-state index in [1.807, 2.05) is 13.8 Å². The van der Waals surface area contributed by atoms with Gasteiger partial charge in [0.1, 0.15) is 0 Å². The molecule has 1 heterocycles. The molecule has 0 radical (unpaired) electrons. The van der Waals surface area contributed by atoms with E-state index >= 15 is 0 Å². The van der Waals surface area contributed by atoms with Crippen LogP contribution in [0.3, 0.4) is 0 Å². The highest BCUT2D eigenvalue weighted by molar-refractivity contribution is 5.78. The van der Waals surface area contributed by atoms with Gasteiger partial charge in [0.15, 0.2) is 0 Å². The molecule has 1 aliphatic rings. The maximum Gasteiger partial charge on any atom is 0.308 e. The third kappa shape index (κ3) is 2.94. The first kappa shape index (κ1) is 12.0. The zero-order chi connectivity index (χ0) is 11.4. The first-order valence-electron chi connectivity index (χ1n) is 5.58. The van der Waals surface area contributed by atoms with Crippen LogP contribution >= 0.6 is 0 Å². The van der Waals surface area contributed by atoms with E-state index in [4.69, 9.17) is 5.11 Å². The van der Waals surface area contributed by atoms with Gasteiger partial charge in [-0.2, -0.15) is 0 Å². The van der Waals surface area contributed by atoms with Crippen LogP contribution in [0.25, 0.3) is 0 Å². The predicted octanol–water partition coefficient (Wildman–Crippen LogP) is 1.50.